The number of aromatic nitrogens is 6. The number of rotatable bonds is 2. The van der Waals surface area contributed by atoms with Crippen LogP contribution in [0.15, 0.2) is 66.3 Å². The zero-order chi connectivity index (χ0) is 18.2. The Balaban J connectivity index is 1.65. The van der Waals surface area contributed by atoms with Crippen LogP contribution in [0, 0.1) is 5.82 Å². The molecule has 27 heavy (non-hydrogen) atoms. The number of nitrogens with zero attached hydrogens (tertiary/aromatic N) is 7. The lowest BCUT2D eigenvalue weighted by molar-refractivity contribution is 0.628. The number of benzene rings is 1. The van der Waals surface area contributed by atoms with Crippen molar-refractivity contribution in [1.29, 1.82) is 0 Å². The van der Waals surface area contributed by atoms with Gasteiger partial charge >= 0.3 is 0 Å². The smallest absolute Gasteiger partial charge is 0.154 e. The van der Waals surface area contributed by atoms with E-state index in [1.807, 2.05) is 24.4 Å². The Kier molecular flexibility index (Phi) is 3.60. The fraction of sp³-hybridized carbons (Fsp3) is 0.105. The molecule has 0 saturated carbocycles. The van der Waals surface area contributed by atoms with Crippen molar-refractivity contribution in [3.8, 4) is 22.5 Å². The van der Waals surface area contributed by atoms with Crippen LogP contribution in [-0.4, -0.2) is 35.5 Å². The predicted molar refractivity (Wildman–Crippen MR) is 97.4 cm³/mol. The van der Waals surface area contributed by atoms with Crippen molar-refractivity contribution in [2.45, 2.75) is 12.8 Å². The molecule has 1 aromatic carbocycles. The van der Waals surface area contributed by atoms with Gasteiger partial charge in [0.15, 0.2) is 11.7 Å². The molecule has 0 amide bonds. The van der Waals surface area contributed by atoms with E-state index in [9.17, 15) is 4.39 Å². The van der Waals surface area contributed by atoms with Gasteiger partial charge in [-0.2, -0.15) is 10.2 Å². The van der Waals surface area contributed by atoms with E-state index in [1.54, 1.807) is 34.0 Å². The zero-order valence-corrected chi connectivity index (χ0v) is 14.2. The van der Waals surface area contributed by atoms with Gasteiger partial charge in [-0.05, 0) is 36.4 Å². The molecule has 0 atom stereocenters. The SMILES string of the molecule is Fc1ccc(-c2nn(C3=Nn4cnnc4CC3)cc2-c2ccccn2)cc1. The number of pyridine rings is 1. The Morgan fingerprint density at radius 1 is 1.00 bits per heavy atom. The molecule has 7 nitrogen and oxygen atoms in total. The van der Waals surface area contributed by atoms with Crippen LogP contribution < -0.4 is 0 Å². The molecule has 1 aliphatic rings. The largest absolute Gasteiger partial charge is 0.256 e. The fourth-order valence-corrected chi connectivity index (χ4v) is 3.10. The van der Waals surface area contributed by atoms with Gasteiger partial charge in [0, 0.05) is 36.4 Å². The van der Waals surface area contributed by atoms with Crippen LogP contribution in [0.3, 0.4) is 0 Å². The molecule has 0 saturated heterocycles. The zero-order valence-electron chi connectivity index (χ0n) is 14.2. The minimum Gasteiger partial charge on any atom is -0.256 e. The van der Waals surface area contributed by atoms with Gasteiger partial charge in [-0.15, -0.1) is 10.2 Å². The molecule has 5 rings (SSSR count). The van der Waals surface area contributed by atoms with E-state index in [0.29, 0.717) is 6.42 Å². The van der Waals surface area contributed by atoms with Gasteiger partial charge in [0.1, 0.15) is 17.8 Å². The highest BCUT2D eigenvalue weighted by Crippen LogP contribution is 2.30. The van der Waals surface area contributed by atoms with Crippen molar-refractivity contribution in [2.75, 3.05) is 0 Å². The monoisotopic (exact) mass is 359 g/mol. The average Bonchev–Trinajstić information content (AvgIpc) is 3.36. The second-order valence-electron chi connectivity index (χ2n) is 6.17. The molecular weight excluding hydrogens is 345 g/mol. The third kappa shape index (κ3) is 2.80. The van der Waals surface area contributed by atoms with Crippen molar-refractivity contribution in [1.82, 2.24) is 29.6 Å². The summed E-state index contributed by atoms with van der Waals surface area (Å²) in [6, 6.07) is 12.0. The first-order valence-electron chi connectivity index (χ1n) is 8.52. The molecule has 8 heteroatoms. The van der Waals surface area contributed by atoms with Crippen LogP contribution >= 0.6 is 0 Å². The van der Waals surface area contributed by atoms with E-state index in [1.165, 1.54) is 12.1 Å². The normalized spacial score (nSPS) is 13.3. The van der Waals surface area contributed by atoms with E-state index in [4.69, 9.17) is 5.10 Å². The summed E-state index contributed by atoms with van der Waals surface area (Å²) in [4.78, 5) is 4.45. The highest BCUT2D eigenvalue weighted by atomic mass is 19.1. The maximum absolute atomic E-state index is 13.4. The molecule has 0 unspecified atom stereocenters. The average molecular weight is 359 g/mol. The topological polar surface area (TPSA) is 73.8 Å². The molecule has 0 bridgehead atoms. The third-order valence-corrected chi connectivity index (χ3v) is 4.43. The summed E-state index contributed by atoms with van der Waals surface area (Å²) in [5.41, 5.74) is 3.20. The summed E-state index contributed by atoms with van der Waals surface area (Å²) in [7, 11) is 0. The number of fused-ring (bicyclic) bond motifs is 1. The van der Waals surface area contributed by atoms with E-state index >= 15 is 0 Å². The standard InChI is InChI=1S/C19H14FN7/c20-14-6-4-13(5-7-14)19-15(16-3-1-2-10-21-16)11-26(25-19)18-9-8-17-23-22-12-27(17)24-18/h1-7,10-12H,8-9H2. The van der Waals surface area contributed by atoms with E-state index in [-0.39, 0.29) is 5.82 Å². The van der Waals surface area contributed by atoms with Gasteiger partial charge in [-0.25, -0.2) is 13.7 Å². The van der Waals surface area contributed by atoms with Crippen molar-refractivity contribution in [2.24, 2.45) is 5.10 Å². The lowest BCUT2D eigenvalue weighted by atomic mass is 10.1. The number of aryl methyl sites for hydroxylation is 1. The van der Waals surface area contributed by atoms with Crippen molar-refractivity contribution < 1.29 is 4.39 Å². The van der Waals surface area contributed by atoms with Crippen LogP contribution in [0.5, 0.6) is 0 Å². The number of hydrogen-bond donors (Lipinski definition) is 0. The maximum Gasteiger partial charge on any atom is 0.154 e. The number of halogens is 1. The first kappa shape index (κ1) is 15.6. The molecule has 0 aliphatic carbocycles. The summed E-state index contributed by atoms with van der Waals surface area (Å²) in [6.07, 6.45) is 6.67. The summed E-state index contributed by atoms with van der Waals surface area (Å²) < 4.78 is 16.8. The minimum atomic E-state index is -0.283. The summed E-state index contributed by atoms with van der Waals surface area (Å²) in [5.74, 6) is 1.33. The lowest BCUT2D eigenvalue weighted by Gasteiger charge is -2.11. The Labute approximate surface area is 153 Å². The van der Waals surface area contributed by atoms with Gasteiger partial charge in [0.05, 0.1) is 5.69 Å². The molecule has 0 spiro atoms. The second-order valence-corrected chi connectivity index (χ2v) is 6.17. The van der Waals surface area contributed by atoms with Gasteiger partial charge in [0.2, 0.25) is 0 Å². The molecule has 4 heterocycles. The Morgan fingerprint density at radius 2 is 1.89 bits per heavy atom. The lowest BCUT2D eigenvalue weighted by Crippen LogP contribution is -2.20. The fourth-order valence-electron chi connectivity index (χ4n) is 3.10. The molecular formula is C19H14FN7. The van der Waals surface area contributed by atoms with Crippen molar-refractivity contribution in [3.05, 3.63) is 72.8 Å². The van der Waals surface area contributed by atoms with E-state index in [0.717, 1.165) is 40.6 Å². The minimum absolute atomic E-state index is 0.283. The van der Waals surface area contributed by atoms with Gasteiger partial charge < -0.3 is 0 Å². The van der Waals surface area contributed by atoms with Crippen LogP contribution in [0.1, 0.15) is 12.2 Å². The van der Waals surface area contributed by atoms with Gasteiger partial charge in [-0.3, -0.25) is 4.98 Å². The maximum atomic E-state index is 13.4. The summed E-state index contributed by atoms with van der Waals surface area (Å²) >= 11 is 0. The predicted octanol–water partition coefficient (Wildman–Crippen LogP) is 3.00. The number of hydrogen-bond acceptors (Lipinski definition) is 5. The quantitative estimate of drug-likeness (QED) is 0.551. The molecule has 0 N–H and O–H groups in total. The molecule has 4 aromatic rings. The van der Waals surface area contributed by atoms with Crippen molar-refractivity contribution >= 4 is 5.84 Å². The molecule has 0 fully saturated rings. The Morgan fingerprint density at radius 3 is 2.70 bits per heavy atom. The first-order valence-corrected chi connectivity index (χ1v) is 8.52. The molecule has 132 valence electrons. The van der Waals surface area contributed by atoms with Gasteiger partial charge in [0.25, 0.3) is 0 Å². The van der Waals surface area contributed by atoms with Gasteiger partial charge in [-0.1, -0.05) is 6.07 Å². The van der Waals surface area contributed by atoms with Crippen LogP contribution in [0.2, 0.25) is 0 Å². The molecule has 1 aliphatic heterocycles. The van der Waals surface area contributed by atoms with E-state index < -0.39 is 0 Å². The van der Waals surface area contributed by atoms with Crippen LogP contribution in [0.4, 0.5) is 4.39 Å². The molecule has 3 aromatic heterocycles. The second kappa shape index (κ2) is 6.24. The Bertz CT molecular complexity index is 1130. The summed E-state index contributed by atoms with van der Waals surface area (Å²) in [6.45, 7) is 0. The van der Waals surface area contributed by atoms with Crippen LogP contribution in [-0.2, 0) is 6.42 Å². The third-order valence-electron chi connectivity index (χ3n) is 4.43. The Hall–Kier alpha value is -3.68. The highest BCUT2D eigenvalue weighted by Gasteiger charge is 2.20. The summed E-state index contributed by atoms with van der Waals surface area (Å²) in [5, 5.41) is 17.2. The highest BCUT2D eigenvalue weighted by molar-refractivity contribution is 5.88. The molecule has 0 radical (unpaired) electrons. The van der Waals surface area contributed by atoms with Crippen molar-refractivity contribution in [3.63, 3.8) is 0 Å². The first-order chi connectivity index (χ1) is 13.3. The van der Waals surface area contributed by atoms with Crippen LogP contribution in [0.25, 0.3) is 22.5 Å². The van der Waals surface area contributed by atoms with E-state index in [2.05, 4.69) is 20.3 Å².